The van der Waals surface area contributed by atoms with Crippen LogP contribution in [0.4, 0.5) is 0 Å². The van der Waals surface area contributed by atoms with Crippen molar-refractivity contribution in [2.75, 3.05) is 0 Å². The first-order valence-electron chi connectivity index (χ1n) is 6.38. The summed E-state index contributed by atoms with van der Waals surface area (Å²) in [6.07, 6.45) is -0.0313. The number of ether oxygens (including phenoxy) is 1. The molecule has 3 N–H and O–H groups in total. The van der Waals surface area contributed by atoms with Crippen molar-refractivity contribution in [3.8, 4) is 5.75 Å². The van der Waals surface area contributed by atoms with Gasteiger partial charge in [0.25, 0.3) is 0 Å². The standard InChI is InChI=1S/C16H15NO3S/c17-16(21)13-7-3-4-8-14(13)20-10-12-6-2-1-5-11(12)9-15(18)19/h1-8H,9-10H2,(H2,17,21)(H,18,19). The molecule has 2 rings (SSSR count). The van der Waals surface area contributed by atoms with Gasteiger partial charge in [-0.2, -0.15) is 0 Å². The van der Waals surface area contributed by atoms with Crippen LogP contribution >= 0.6 is 12.2 Å². The smallest absolute Gasteiger partial charge is 0.307 e. The molecule has 4 nitrogen and oxygen atoms in total. The minimum absolute atomic E-state index is 0.0313. The van der Waals surface area contributed by atoms with Crippen LogP contribution in [0.1, 0.15) is 16.7 Å². The van der Waals surface area contributed by atoms with E-state index in [0.29, 0.717) is 11.3 Å². The van der Waals surface area contributed by atoms with Crippen molar-refractivity contribution in [2.24, 2.45) is 5.73 Å². The van der Waals surface area contributed by atoms with Crippen molar-refractivity contribution in [3.63, 3.8) is 0 Å². The van der Waals surface area contributed by atoms with E-state index in [9.17, 15) is 4.79 Å². The van der Waals surface area contributed by atoms with Crippen LogP contribution in [0, 0.1) is 0 Å². The van der Waals surface area contributed by atoms with Crippen LogP contribution < -0.4 is 10.5 Å². The highest BCUT2D eigenvalue weighted by Gasteiger charge is 2.09. The van der Waals surface area contributed by atoms with Crippen LogP contribution in [0.15, 0.2) is 48.5 Å². The van der Waals surface area contributed by atoms with Crippen molar-refractivity contribution in [1.82, 2.24) is 0 Å². The first-order valence-corrected chi connectivity index (χ1v) is 6.79. The van der Waals surface area contributed by atoms with Gasteiger partial charge in [-0.25, -0.2) is 0 Å². The predicted molar refractivity (Wildman–Crippen MR) is 84.4 cm³/mol. The summed E-state index contributed by atoms with van der Waals surface area (Å²) in [6.45, 7) is 0.267. The summed E-state index contributed by atoms with van der Waals surface area (Å²) in [5.74, 6) is -0.277. The second-order valence-corrected chi connectivity index (χ2v) is 4.93. The average molecular weight is 301 g/mol. The third kappa shape index (κ3) is 4.03. The maximum atomic E-state index is 10.9. The lowest BCUT2D eigenvalue weighted by Gasteiger charge is -2.12. The molecule has 2 aromatic rings. The Bertz CT molecular complexity index is 670. The molecular weight excluding hydrogens is 286 g/mol. The minimum Gasteiger partial charge on any atom is -0.488 e. The number of rotatable bonds is 6. The number of benzene rings is 2. The number of carbonyl (C=O) groups is 1. The minimum atomic E-state index is -0.869. The van der Waals surface area contributed by atoms with Crippen molar-refractivity contribution in [1.29, 1.82) is 0 Å². The second-order valence-electron chi connectivity index (χ2n) is 4.49. The summed E-state index contributed by atoms with van der Waals surface area (Å²) in [6, 6.07) is 14.5. The molecule has 0 fully saturated rings. The maximum absolute atomic E-state index is 10.9. The Morgan fingerprint density at radius 3 is 2.38 bits per heavy atom. The van der Waals surface area contributed by atoms with Crippen molar-refractivity contribution >= 4 is 23.2 Å². The van der Waals surface area contributed by atoms with E-state index in [0.717, 1.165) is 11.1 Å². The zero-order valence-corrected chi connectivity index (χ0v) is 12.1. The second kappa shape index (κ2) is 6.85. The summed E-state index contributed by atoms with van der Waals surface area (Å²) in [4.78, 5) is 11.1. The highest BCUT2D eigenvalue weighted by atomic mass is 32.1. The number of para-hydroxylation sites is 1. The number of carboxylic acid groups (broad SMARTS) is 1. The monoisotopic (exact) mass is 301 g/mol. The van der Waals surface area contributed by atoms with E-state index in [-0.39, 0.29) is 18.0 Å². The molecular formula is C16H15NO3S. The van der Waals surface area contributed by atoms with Gasteiger partial charge in [-0.05, 0) is 23.3 Å². The molecule has 5 heteroatoms. The van der Waals surface area contributed by atoms with E-state index in [4.69, 9.17) is 27.8 Å². The first-order chi connectivity index (χ1) is 10.1. The molecule has 0 aliphatic rings. The zero-order chi connectivity index (χ0) is 15.2. The van der Waals surface area contributed by atoms with E-state index in [2.05, 4.69) is 0 Å². The van der Waals surface area contributed by atoms with Gasteiger partial charge >= 0.3 is 5.97 Å². The molecule has 108 valence electrons. The van der Waals surface area contributed by atoms with Gasteiger partial charge in [0.1, 0.15) is 17.3 Å². The molecule has 0 bridgehead atoms. The Morgan fingerprint density at radius 1 is 1.10 bits per heavy atom. The van der Waals surface area contributed by atoms with Crippen molar-refractivity contribution in [3.05, 3.63) is 65.2 Å². The summed E-state index contributed by atoms with van der Waals surface area (Å²) in [7, 11) is 0. The van der Waals surface area contributed by atoms with E-state index in [1.807, 2.05) is 30.3 Å². The molecule has 0 aromatic heterocycles. The van der Waals surface area contributed by atoms with Crippen molar-refractivity contribution < 1.29 is 14.6 Å². The number of aliphatic carboxylic acids is 1. The molecule has 0 radical (unpaired) electrons. The van der Waals surface area contributed by atoms with Crippen LogP contribution in [-0.4, -0.2) is 16.1 Å². The summed E-state index contributed by atoms with van der Waals surface area (Å²) in [5, 5.41) is 8.92. The quantitative estimate of drug-likeness (QED) is 0.802. The van der Waals surface area contributed by atoms with E-state index < -0.39 is 5.97 Å². The molecule has 0 spiro atoms. The summed E-state index contributed by atoms with van der Waals surface area (Å²) in [5.41, 5.74) is 7.89. The van der Waals surface area contributed by atoms with Gasteiger partial charge in [0, 0.05) is 0 Å². The predicted octanol–water partition coefficient (Wildman–Crippen LogP) is 2.53. The van der Waals surface area contributed by atoms with Crippen molar-refractivity contribution in [2.45, 2.75) is 13.0 Å². The number of nitrogens with two attached hydrogens (primary N) is 1. The van der Waals surface area contributed by atoms with Gasteiger partial charge in [0.2, 0.25) is 0 Å². The van der Waals surface area contributed by atoms with Crippen LogP contribution in [-0.2, 0) is 17.8 Å². The van der Waals surface area contributed by atoms with Gasteiger partial charge in [-0.3, -0.25) is 4.79 Å². The topological polar surface area (TPSA) is 72.5 Å². The van der Waals surface area contributed by atoms with Crippen LogP contribution in [0.5, 0.6) is 5.75 Å². The number of hydrogen-bond acceptors (Lipinski definition) is 3. The molecule has 0 aliphatic heterocycles. The summed E-state index contributed by atoms with van der Waals surface area (Å²) < 4.78 is 5.75. The van der Waals surface area contributed by atoms with Gasteiger partial charge in [0.05, 0.1) is 12.0 Å². The van der Waals surface area contributed by atoms with E-state index >= 15 is 0 Å². The van der Waals surface area contributed by atoms with E-state index in [1.54, 1.807) is 18.2 Å². The fourth-order valence-electron chi connectivity index (χ4n) is 1.99. The molecule has 0 amide bonds. The molecule has 0 saturated carbocycles. The molecule has 21 heavy (non-hydrogen) atoms. The van der Waals surface area contributed by atoms with Gasteiger partial charge in [-0.1, -0.05) is 48.6 Å². The largest absolute Gasteiger partial charge is 0.488 e. The third-order valence-corrected chi connectivity index (χ3v) is 3.22. The molecule has 0 heterocycles. The van der Waals surface area contributed by atoms with Crippen LogP contribution in [0.25, 0.3) is 0 Å². The van der Waals surface area contributed by atoms with E-state index in [1.165, 1.54) is 0 Å². The SMILES string of the molecule is NC(=S)c1ccccc1OCc1ccccc1CC(=O)O. The Balaban J connectivity index is 2.17. The molecule has 0 aliphatic carbocycles. The molecule has 0 unspecified atom stereocenters. The molecule has 0 atom stereocenters. The van der Waals surface area contributed by atoms with Crippen LogP contribution in [0.3, 0.4) is 0 Å². The first kappa shape index (κ1) is 15.0. The third-order valence-electron chi connectivity index (χ3n) is 3.00. The Hall–Kier alpha value is -2.40. The van der Waals surface area contributed by atoms with Crippen LogP contribution in [0.2, 0.25) is 0 Å². The lowest BCUT2D eigenvalue weighted by molar-refractivity contribution is -0.136. The highest BCUT2D eigenvalue weighted by molar-refractivity contribution is 7.80. The number of carboxylic acids is 1. The lowest BCUT2D eigenvalue weighted by Crippen LogP contribution is -2.12. The average Bonchev–Trinajstić information content (AvgIpc) is 2.46. The lowest BCUT2D eigenvalue weighted by atomic mass is 10.1. The maximum Gasteiger partial charge on any atom is 0.307 e. The molecule has 0 saturated heterocycles. The Labute approximate surface area is 128 Å². The zero-order valence-electron chi connectivity index (χ0n) is 11.3. The Morgan fingerprint density at radius 2 is 1.71 bits per heavy atom. The summed E-state index contributed by atoms with van der Waals surface area (Å²) >= 11 is 4.98. The Kier molecular flexibility index (Phi) is 4.90. The fraction of sp³-hybridized carbons (Fsp3) is 0.125. The van der Waals surface area contributed by atoms with Gasteiger partial charge < -0.3 is 15.6 Å². The van der Waals surface area contributed by atoms with Gasteiger partial charge in [0.15, 0.2) is 0 Å². The number of hydrogen-bond donors (Lipinski definition) is 2. The van der Waals surface area contributed by atoms with Gasteiger partial charge in [-0.15, -0.1) is 0 Å². The highest BCUT2D eigenvalue weighted by Crippen LogP contribution is 2.20. The fourth-order valence-corrected chi connectivity index (χ4v) is 2.15. The number of thiocarbonyl (C=S) groups is 1. The molecule has 2 aromatic carbocycles. The normalized spacial score (nSPS) is 10.1.